The van der Waals surface area contributed by atoms with Gasteiger partial charge in [-0.15, -0.1) is 0 Å². The summed E-state index contributed by atoms with van der Waals surface area (Å²) in [5.74, 6) is -1.35. The van der Waals surface area contributed by atoms with Crippen LogP contribution >= 0.6 is 27.5 Å². The van der Waals surface area contributed by atoms with Crippen LogP contribution in [0.25, 0.3) is 0 Å². The summed E-state index contributed by atoms with van der Waals surface area (Å²) in [5.41, 5.74) is -0.719. The molecule has 7 heteroatoms. The highest BCUT2D eigenvalue weighted by atomic mass is 79.9. The molecule has 0 aromatic heterocycles. The Morgan fingerprint density at radius 2 is 2.25 bits per heavy atom. The van der Waals surface area contributed by atoms with Crippen LogP contribution < -0.4 is 5.32 Å². The van der Waals surface area contributed by atoms with Crippen molar-refractivity contribution in [3.63, 3.8) is 0 Å². The molecule has 1 aliphatic heterocycles. The zero-order valence-electron chi connectivity index (χ0n) is 10.7. The van der Waals surface area contributed by atoms with Crippen molar-refractivity contribution in [2.24, 2.45) is 5.41 Å². The van der Waals surface area contributed by atoms with Gasteiger partial charge >= 0.3 is 5.97 Å². The van der Waals surface area contributed by atoms with Gasteiger partial charge in [-0.3, -0.25) is 9.59 Å². The maximum absolute atomic E-state index is 12.2. The number of hydrogen-bond donors (Lipinski definition) is 2. The van der Waals surface area contributed by atoms with Crippen LogP contribution in [0.1, 0.15) is 17.3 Å². The van der Waals surface area contributed by atoms with Crippen LogP contribution in [0.2, 0.25) is 5.02 Å². The van der Waals surface area contributed by atoms with E-state index in [9.17, 15) is 14.7 Å². The number of amides is 1. The topological polar surface area (TPSA) is 75.6 Å². The summed E-state index contributed by atoms with van der Waals surface area (Å²) < 4.78 is 5.75. The smallest absolute Gasteiger partial charge is 0.313 e. The Morgan fingerprint density at radius 3 is 2.85 bits per heavy atom. The number of rotatable bonds is 3. The molecule has 1 aliphatic rings. The van der Waals surface area contributed by atoms with Crippen molar-refractivity contribution in [2.75, 3.05) is 13.2 Å². The molecule has 0 aliphatic carbocycles. The monoisotopic (exact) mass is 361 g/mol. The number of ether oxygens (including phenoxy) is 1. The molecule has 0 spiro atoms. The molecule has 1 aromatic carbocycles. The van der Waals surface area contributed by atoms with Gasteiger partial charge < -0.3 is 15.2 Å². The maximum atomic E-state index is 12.2. The molecule has 1 fully saturated rings. The molecule has 2 atom stereocenters. The van der Waals surface area contributed by atoms with Crippen LogP contribution in [-0.2, 0) is 9.53 Å². The first-order valence-corrected chi connectivity index (χ1v) is 7.09. The summed E-state index contributed by atoms with van der Waals surface area (Å²) in [4.78, 5) is 23.5. The van der Waals surface area contributed by atoms with Gasteiger partial charge in [-0.1, -0.05) is 11.6 Å². The van der Waals surface area contributed by atoms with E-state index in [4.69, 9.17) is 16.3 Å². The molecule has 2 unspecified atom stereocenters. The molecule has 0 bridgehead atoms. The van der Waals surface area contributed by atoms with E-state index in [1.54, 1.807) is 25.1 Å². The third kappa shape index (κ3) is 2.82. The Balaban J connectivity index is 2.17. The minimum Gasteiger partial charge on any atom is -0.481 e. The van der Waals surface area contributed by atoms with Crippen LogP contribution in [0.15, 0.2) is 22.7 Å². The normalized spacial score (nSPS) is 25.4. The van der Waals surface area contributed by atoms with Crippen molar-refractivity contribution in [3.8, 4) is 0 Å². The lowest BCUT2D eigenvalue weighted by molar-refractivity contribution is -0.148. The fourth-order valence-corrected chi connectivity index (χ4v) is 2.86. The Bertz CT molecular complexity index is 565. The van der Waals surface area contributed by atoms with Gasteiger partial charge in [0.1, 0.15) is 5.41 Å². The molecule has 0 saturated carbocycles. The maximum Gasteiger partial charge on any atom is 0.313 e. The second-order valence-electron chi connectivity index (χ2n) is 4.89. The zero-order chi connectivity index (χ0) is 14.9. The summed E-state index contributed by atoms with van der Waals surface area (Å²) in [6, 6.07) is 4.21. The van der Waals surface area contributed by atoms with E-state index in [1.807, 2.05) is 0 Å². The number of halogens is 2. The van der Waals surface area contributed by atoms with E-state index in [0.717, 1.165) is 0 Å². The molecule has 108 valence electrons. The van der Waals surface area contributed by atoms with E-state index in [2.05, 4.69) is 21.2 Å². The van der Waals surface area contributed by atoms with Crippen LogP contribution in [0.4, 0.5) is 0 Å². The van der Waals surface area contributed by atoms with Gasteiger partial charge in [-0.05, 0) is 41.1 Å². The SMILES string of the molecule is CC1(C(=O)O)COCC1NC(=O)c1ccc(Cl)cc1Br. The average molecular weight is 363 g/mol. The number of hydrogen-bond acceptors (Lipinski definition) is 3. The minimum atomic E-state index is -1.12. The van der Waals surface area contributed by atoms with E-state index >= 15 is 0 Å². The number of carboxylic acids is 1. The first-order valence-electron chi connectivity index (χ1n) is 5.91. The lowest BCUT2D eigenvalue weighted by Crippen LogP contribution is -2.49. The Hall–Kier alpha value is -1.11. The predicted octanol–water partition coefficient (Wildman–Crippen LogP) is 2.32. The number of nitrogens with one attached hydrogen (secondary N) is 1. The molecule has 2 rings (SSSR count). The highest BCUT2D eigenvalue weighted by Crippen LogP contribution is 2.29. The Morgan fingerprint density at radius 1 is 1.55 bits per heavy atom. The fourth-order valence-electron chi connectivity index (χ4n) is 1.99. The molecule has 20 heavy (non-hydrogen) atoms. The Kier molecular flexibility index (Phi) is 4.36. The van der Waals surface area contributed by atoms with E-state index in [1.165, 1.54) is 0 Å². The molecule has 1 heterocycles. The first-order chi connectivity index (χ1) is 9.34. The van der Waals surface area contributed by atoms with Gasteiger partial charge in [0.25, 0.3) is 5.91 Å². The van der Waals surface area contributed by atoms with Gasteiger partial charge in [-0.2, -0.15) is 0 Å². The third-order valence-corrected chi connectivity index (χ3v) is 4.32. The number of aliphatic carboxylic acids is 1. The molecule has 1 aromatic rings. The zero-order valence-corrected chi connectivity index (χ0v) is 13.0. The highest BCUT2D eigenvalue weighted by Gasteiger charge is 2.47. The van der Waals surface area contributed by atoms with Crippen molar-refractivity contribution in [2.45, 2.75) is 13.0 Å². The van der Waals surface area contributed by atoms with Gasteiger partial charge in [0.15, 0.2) is 0 Å². The van der Waals surface area contributed by atoms with E-state index < -0.39 is 17.4 Å². The lowest BCUT2D eigenvalue weighted by Gasteiger charge is -2.25. The summed E-state index contributed by atoms with van der Waals surface area (Å²) >= 11 is 9.08. The second-order valence-corrected chi connectivity index (χ2v) is 6.18. The second kappa shape index (κ2) is 5.71. The highest BCUT2D eigenvalue weighted by molar-refractivity contribution is 9.10. The molecule has 0 radical (unpaired) electrons. The van der Waals surface area contributed by atoms with Crippen molar-refractivity contribution >= 4 is 39.4 Å². The Labute approximate surface area is 129 Å². The van der Waals surface area contributed by atoms with Crippen LogP contribution in [0.5, 0.6) is 0 Å². The molecular formula is C13H13BrClNO4. The molecule has 1 amide bonds. The number of carbonyl (C=O) groups is 2. The minimum absolute atomic E-state index is 0.0784. The number of carbonyl (C=O) groups excluding carboxylic acids is 1. The molecule has 2 N–H and O–H groups in total. The van der Waals surface area contributed by atoms with E-state index in [0.29, 0.717) is 15.1 Å². The standard InChI is InChI=1S/C13H13BrClNO4/c1-13(12(18)19)6-20-5-10(13)16-11(17)8-3-2-7(15)4-9(8)14/h2-4,10H,5-6H2,1H3,(H,16,17)(H,18,19). The van der Waals surface area contributed by atoms with E-state index in [-0.39, 0.29) is 19.1 Å². The summed E-state index contributed by atoms with van der Waals surface area (Å²) in [6.07, 6.45) is 0. The van der Waals surface area contributed by atoms with Gasteiger partial charge in [0, 0.05) is 9.50 Å². The third-order valence-electron chi connectivity index (χ3n) is 3.43. The summed E-state index contributed by atoms with van der Waals surface area (Å²) in [6.45, 7) is 1.82. The fraction of sp³-hybridized carbons (Fsp3) is 0.385. The largest absolute Gasteiger partial charge is 0.481 e. The van der Waals surface area contributed by atoms with Crippen LogP contribution in [0, 0.1) is 5.41 Å². The number of carboxylic acid groups (broad SMARTS) is 1. The predicted molar refractivity (Wildman–Crippen MR) is 77.0 cm³/mol. The van der Waals surface area contributed by atoms with Crippen molar-refractivity contribution in [1.82, 2.24) is 5.32 Å². The molecule has 1 saturated heterocycles. The van der Waals surface area contributed by atoms with Crippen molar-refractivity contribution in [3.05, 3.63) is 33.3 Å². The first kappa shape index (κ1) is 15.3. The van der Waals surface area contributed by atoms with Gasteiger partial charge in [0.2, 0.25) is 0 Å². The van der Waals surface area contributed by atoms with Crippen molar-refractivity contribution < 1.29 is 19.4 Å². The molecule has 5 nitrogen and oxygen atoms in total. The molecular weight excluding hydrogens is 350 g/mol. The average Bonchev–Trinajstić information content (AvgIpc) is 2.72. The van der Waals surface area contributed by atoms with Crippen LogP contribution in [0.3, 0.4) is 0 Å². The lowest BCUT2D eigenvalue weighted by atomic mass is 9.85. The van der Waals surface area contributed by atoms with Gasteiger partial charge in [-0.25, -0.2) is 0 Å². The van der Waals surface area contributed by atoms with Crippen LogP contribution in [-0.4, -0.2) is 36.2 Å². The summed E-state index contributed by atoms with van der Waals surface area (Å²) in [5, 5.41) is 12.5. The summed E-state index contributed by atoms with van der Waals surface area (Å²) in [7, 11) is 0. The van der Waals surface area contributed by atoms with Crippen molar-refractivity contribution in [1.29, 1.82) is 0 Å². The quantitative estimate of drug-likeness (QED) is 0.865. The number of benzene rings is 1. The van der Waals surface area contributed by atoms with Gasteiger partial charge in [0.05, 0.1) is 24.8 Å².